The summed E-state index contributed by atoms with van der Waals surface area (Å²) >= 11 is 2.29. The van der Waals surface area contributed by atoms with Crippen LogP contribution in [0.3, 0.4) is 0 Å². The van der Waals surface area contributed by atoms with Gasteiger partial charge in [-0.2, -0.15) is 0 Å². The second kappa shape index (κ2) is 6.94. The molecule has 4 aromatic heterocycles. The number of rotatable bonds is 3. The average molecular weight is 480 g/mol. The Bertz CT molecular complexity index is 1270. The average Bonchev–Trinajstić information content (AvgIpc) is 3.12. The molecule has 5 aromatic rings. The molecule has 130 valence electrons. The Morgan fingerprint density at radius 1 is 0.778 bits per heavy atom. The lowest BCUT2D eigenvalue weighted by molar-refractivity contribution is 1.27. The van der Waals surface area contributed by atoms with Gasteiger partial charge in [-0.25, -0.2) is 4.98 Å². The van der Waals surface area contributed by atoms with Crippen LogP contribution < -0.4 is 0 Å². The zero-order valence-corrected chi connectivity index (χ0v) is 17.1. The molecule has 0 aliphatic carbocycles. The van der Waals surface area contributed by atoms with Crippen LogP contribution in [0.1, 0.15) is 0 Å². The molecule has 0 radical (unpaired) electrons. The van der Waals surface area contributed by atoms with E-state index < -0.39 is 0 Å². The van der Waals surface area contributed by atoms with Gasteiger partial charge in [-0.05, 0) is 59.2 Å². The molecule has 0 aliphatic rings. The number of nitrogens with zero attached hydrogens (tertiary/aromatic N) is 4. The van der Waals surface area contributed by atoms with Gasteiger partial charge in [-0.15, -0.1) is 0 Å². The van der Waals surface area contributed by atoms with Gasteiger partial charge < -0.3 is 0 Å². The van der Waals surface area contributed by atoms with Crippen LogP contribution in [0.2, 0.25) is 0 Å². The molecule has 5 rings (SSSR count). The molecule has 0 unspecified atom stereocenters. The molecule has 6 heteroatoms. The molecule has 1 aromatic carbocycles. The maximum atomic E-state index is 4.55. The molecular formula is C21H13IN4S. The van der Waals surface area contributed by atoms with Crippen molar-refractivity contribution >= 4 is 52.3 Å². The van der Waals surface area contributed by atoms with Crippen molar-refractivity contribution in [2.75, 3.05) is 0 Å². The molecule has 4 heterocycles. The lowest BCUT2D eigenvalue weighted by atomic mass is 9.98. The van der Waals surface area contributed by atoms with E-state index in [-0.39, 0.29) is 0 Å². The van der Waals surface area contributed by atoms with Gasteiger partial charge in [0, 0.05) is 77.6 Å². The zero-order chi connectivity index (χ0) is 18.2. The Morgan fingerprint density at radius 2 is 1.67 bits per heavy atom. The third kappa shape index (κ3) is 2.89. The molecule has 0 atom stereocenters. The summed E-state index contributed by atoms with van der Waals surface area (Å²) in [5.41, 5.74) is 6.60. The molecular weight excluding hydrogens is 467 g/mol. The van der Waals surface area contributed by atoms with E-state index in [4.69, 9.17) is 0 Å². The summed E-state index contributed by atoms with van der Waals surface area (Å²) < 4.78 is 2.10. The highest BCUT2D eigenvalue weighted by Gasteiger charge is 2.13. The van der Waals surface area contributed by atoms with Crippen molar-refractivity contribution < 1.29 is 0 Å². The number of benzene rings is 1. The molecule has 0 fully saturated rings. The van der Waals surface area contributed by atoms with Crippen LogP contribution in [0.5, 0.6) is 0 Å². The van der Waals surface area contributed by atoms with E-state index >= 15 is 0 Å². The Hall–Kier alpha value is -2.45. The number of pyridine rings is 3. The number of hydrogen-bond acceptors (Lipinski definition) is 4. The van der Waals surface area contributed by atoms with Crippen LogP contribution in [0.25, 0.3) is 44.2 Å². The van der Waals surface area contributed by atoms with Crippen molar-refractivity contribution in [2.45, 2.75) is 0 Å². The first-order chi connectivity index (χ1) is 13.3. The highest BCUT2D eigenvalue weighted by Crippen LogP contribution is 2.36. The number of fused-ring (bicyclic) bond motifs is 2. The third-order valence-corrected chi connectivity index (χ3v) is 6.35. The van der Waals surface area contributed by atoms with Gasteiger partial charge in [0.1, 0.15) is 0 Å². The summed E-state index contributed by atoms with van der Waals surface area (Å²) in [4.78, 5) is 13.2. The van der Waals surface area contributed by atoms with Gasteiger partial charge >= 0.3 is 0 Å². The largest absolute Gasteiger partial charge is 0.265 e. The van der Waals surface area contributed by atoms with E-state index in [2.05, 4.69) is 76.7 Å². The number of aromatic nitrogens is 4. The summed E-state index contributed by atoms with van der Waals surface area (Å²) in [6.45, 7) is 0. The van der Waals surface area contributed by atoms with Crippen molar-refractivity contribution in [2.24, 2.45) is 0 Å². The van der Waals surface area contributed by atoms with Crippen LogP contribution in [-0.4, -0.2) is 18.9 Å². The minimum absolute atomic E-state index is 0.979. The predicted molar refractivity (Wildman–Crippen MR) is 121 cm³/mol. The molecule has 0 aliphatic heterocycles. The third-order valence-electron chi connectivity index (χ3n) is 4.65. The molecule has 0 amide bonds. The molecule has 0 saturated heterocycles. The highest BCUT2D eigenvalue weighted by atomic mass is 127. The van der Waals surface area contributed by atoms with Gasteiger partial charge in [0.25, 0.3) is 0 Å². The second-order valence-corrected chi connectivity index (χ2v) is 7.85. The Kier molecular flexibility index (Phi) is 4.29. The molecule has 0 N–H and O–H groups in total. The molecule has 0 saturated carbocycles. The summed E-state index contributed by atoms with van der Waals surface area (Å²) in [5, 5.41) is 2.28. The Labute approximate surface area is 172 Å². The van der Waals surface area contributed by atoms with E-state index in [1.54, 1.807) is 9.12 Å². The normalized spacial score (nSPS) is 11.3. The summed E-state index contributed by atoms with van der Waals surface area (Å²) in [6.07, 6.45) is 9.49. The minimum Gasteiger partial charge on any atom is -0.265 e. The first-order valence-electron chi connectivity index (χ1n) is 8.40. The maximum Gasteiger partial charge on any atom is 0.151 e. The lowest BCUT2D eigenvalue weighted by Crippen LogP contribution is -1.86. The zero-order valence-electron chi connectivity index (χ0n) is 14.1. The topological polar surface area (TPSA) is 43.6 Å². The van der Waals surface area contributed by atoms with Gasteiger partial charge in [0.05, 0.1) is 5.52 Å². The van der Waals surface area contributed by atoms with Gasteiger partial charge in [0.15, 0.2) is 5.65 Å². The fourth-order valence-corrected chi connectivity index (χ4v) is 4.67. The number of hydrogen-bond donors (Lipinski definition) is 0. The van der Waals surface area contributed by atoms with Gasteiger partial charge in [-0.3, -0.25) is 13.9 Å². The molecule has 4 nitrogen and oxygen atoms in total. The number of halogens is 1. The molecule has 0 spiro atoms. The molecule has 0 bridgehead atoms. The second-order valence-electron chi connectivity index (χ2n) is 6.14. The monoisotopic (exact) mass is 480 g/mol. The highest BCUT2D eigenvalue weighted by molar-refractivity contribution is 14.2. The van der Waals surface area contributed by atoms with E-state index in [0.29, 0.717) is 0 Å². The van der Waals surface area contributed by atoms with E-state index in [0.717, 1.165) is 38.6 Å². The fraction of sp³-hybridized carbons (Fsp3) is 0. The summed E-state index contributed by atoms with van der Waals surface area (Å²) in [6, 6.07) is 16.7. The SMILES string of the molecule is ISn1cc(-c2ccc3nccc(-c4ccncc4)c3c2)c2cccnc21. The first kappa shape index (κ1) is 16.7. The van der Waals surface area contributed by atoms with E-state index in [1.165, 1.54) is 5.56 Å². The van der Waals surface area contributed by atoms with E-state index in [1.807, 2.05) is 43.0 Å². The van der Waals surface area contributed by atoms with Crippen molar-refractivity contribution in [3.05, 3.63) is 79.5 Å². The van der Waals surface area contributed by atoms with Crippen molar-refractivity contribution in [3.8, 4) is 22.3 Å². The Balaban J connectivity index is 1.77. The smallest absolute Gasteiger partial charge is 0.151 e. The van der Waals surface area contributed by atoms with Crippen LogP contribution in [0.15, 0.2) is 79.5 Å². The minimum atomic E-state index is 0.979. The predicted octanol–water partition coefficient (Wildman–Crippen LogP) is 6.16. The Morgan fingerprint density at radius 3 is 2.52 bits per heavy atom. The van der Waals surface area contributed by atoms with Crippen molar-refractivity contribution in [3.63, 3.8) is 0 Å². The quantitative estimate of drug-likeness (QED) is 0.290. The van der Waals surface area contributed by atoms with Crippen molar-refractivity contribution in [1.29, 1.82) is 0 Å². The van der Waals surface area contributed by atoms with Crippen molar-refractivity contribution in [1.82, 2.24) is 18.9 Å². The van der Waals surface area contributed by atoms with Crippen LogP contribution in [-0.2, 0) is 0 Å². The first-order valence-corrected chi connectivity index (χ1v) is 11.7. The van der Waals surface area contributed by atoms with Crippen LogP contribution in [0.4, 0.5) is 0 Å². The van der Waals surface area contributed by atoms with Crippen LogP contribution >= 0.6 is 30.3 Å². The lowest BCUT2D eigenvalue weighted by Gasteiger charge is -2.08. The summed E-state index contributed by atoms with van der Waals surface area (Å²) in [5.74, 6) is 0. The standard InChI is InChI=1S/C21H13IN4S/c22-27-26-13-19(17-2-1-8-25-21(17)26)15-3-4-20-18(12-15)16(7-11-24-20)14-5-9-23-10-6-14/h1-13H. The van der Waals surface area contributed by atoms with Gasteiger partial charge in [0.2, 0.25) is 0 Å². The van der Waals surface area contributed by atoms with E-state index in [9.17, 15) is 0 Å². The summed E-state index contributed by atoms with van der Waals surface area (Å²) in [7, 11) is 1.62. The van der Waals surface area contributed by atoms with Gasteiger partial charge in [-0.1, -0.05) is 6.07 Å². The molecule has 27 heavy (non-hydrogen) atoms. The maximum absolute atomic E-state index is 4.55. The van der Waals surface area contributed by atoms with Crippen LogP contribution in [0, 0.1) is 0 Å². The fourth-order valence-electron chi connectivity index (χ4n) is 3.41.